The van der Waals surface area contributed by atoms with Crippen molar-refractivity contribution in [2.24, 2.45) is 0 Å². The number of nitrogens with zero attached hydrogens (tertiary/aromatic N) is 4. The fourth-order valence-corrected chi connectivity index (χ4v) is 2.15. The Labute approximate surface area is 131 Å². The van der Waals surface area contributed by atoms with Crippen LogP contribution in [0.4, 0.5) is 29.2 Å². The number of halogens is 5. The molecule has 0 atom stereocenters. The highest BCUT2D eigenvalue weighted by atomic mass is 35.5. The number of aromatic nitrogens is 4. The third-order valence-electron chi connectivity index (χ3n) is 2.91. The van der Waals surface area contributed by atoms with Crippen LogP contribution in [0.2, 0.25) is 5.15 Å². The lowest BCUT2D eigenvalue weighted by Crippen LogP contribution is -2.18. The summed E-state index contributed by atoms with van der Waals surface area (Å²) in [5, 5.41) is 7.01. The largest absolute Gasteiger partial charge is 0.408 e. The Hall–Kier alpha value is -2.42. The first-order valence-corrected chi connectivity index (χ1v) is 6.67. The standard InChI is InChI=1S/C13H8ClF4N5/c14-10-3-9-8(5-19-10)12(22-23(9)6-13(16,17)18)21-11-2-1-7(15)4-20-11/h1-5H,6H2,(H,20,21,22). The van der Waals surface area contributed by atoms with Gasteiger partial charge in [-0.3, -0.25) is 4.68 Å². The molecule has 0 amide bonds. The van der Waals surface area contributed by atoms with E-state index in [0.717, 1.165) is 10.9 Å². The van der Waals surface area contributed by atoms with Gasteiger partial charge in [-0.05, 0) is 12.1 Å². The van der Waals surface area contributed by atoms with Gasteiger partial charge in [0.05, 0.1) is 17.1 Å². The highest BCUT2D eigenvalue weighted by Crippen LogP contribution is 2.28. The van der Waals surface area contributed by atoms with Crippen LogP contribution < -0.4 is 5.32 Å². The Morgan fingerprint density at radius 2 is 1.96 bits per heavy atom. The normalized spacial score (nSPS) is 11.9. The van der Waals surface area contributed by atoms with E-state index in [0.29, 0.717) is 5.39 Å². The molecule has 0 saturated carbocycles. The molecule has 5 nitrogen and oxygen atoms in total. The first-order valence-electron chi connectivity index (χ1n) is 6.29. The zero-order valence-corrected chi connectivity index (χ0v) is 12.0. The van der Waals surface area contributed by atoms with Crippen molar-refractivity contribution in [1.29, 1.82) is 0 Å². The number of nitrogens with one attached hydrogen (secondary N) is 1. The summed E-state index contributed by atoms with van der Waals surface area (Å²) in [6.07, 6.45) is -2.16. The van der Waals surface area contributed by atoms with Crippen LogP contribution in [0.25, 0.3) is 10.9 Å². The van der Waals surface area contributed by atoms with Crippen molar-refractivity contribution in [3.63, 3.8) is 0 Å². The average Bonchev–Trinajstić information content (AvgIpc) is 2.77. The van der Waals surface area contributed by atoms with Gasteiger partial charge in [-0.15, -0.1) is 0 Å². The Kier molecular flexibility index (Phi) is 3.80. The second-order valence-corrected chi connectivity index (χ2v) is 5.02. The third-order valence-corrected chi connectivity index (χ3v) is 3.11. The molecule has 3 aromatic rings. The lowest BCUT2D eigenvalue weighted by molar-refractivity contribution is -0.141. The van der Waals surface area contributed by atoms with Gasteiger partial charge in [0.1, 0.15) is 23.3 Å². The van der Waals surface area contributed by atoms with E-state index in [1.54, 1.807) is 0 Å². The van der Waals surface area contributed by atoms with Crippen molar-refractivity contribution in [3.8, 4) is 0 Å². The van der Waals surface area contributed by atoms with Crippen LogP contribution in [0.3, 0.4) is 0 Å². The Balaban J connectivity index is 2.04. The van der Waals surface area contributed by atoms with Crippen LogP contribution >= 0.6 is 11.6 Å². The topological polar surface area (TPSA) is 55.6 Å². The highest BCUT2D eigenvalue weighted by molar-refractivity contribution is 6.30. The molecule has 120 valence electrons. The minimum atomic E-state index is -4.44. The first-order chi connectivity index (χ1) is 10.8. The van der Waals surface area contributed by atoms with Gasteiger partial charge < -0.3 is 5.32 Å². The van der Waals surface area contributed by atoms with Gasteiger partial charge in [0.25, 0.3) is 0 Å². The Bertz CT molecular complexity index is 844. The van der Waals surface area contributed by atoms with Crippen molar-refractivity contribution in [2.75, 3.05) is 5.32 Å². The maximum Gasteiger partial charge on any atom is 0.408 e. The predicted molar refractivity (Wildman–Crippen MR) is 76.1 cm³/mol. The molecular formula is C13H8ClF4N5. The Morgan fingerprint density at radius 3 is 2.61 bits per heavy atom. The van der Waals surface area contributed by atoms with Crippen molar-refractivity contribution >= 4 is 34.1 Å². The quantitative estimate of drug-likeness (QED) is 0.577. The molecule has 0 fully saturated rings. The van der Waals surface area contributed by atoms with Crippen LogP contribution in [0.1, 0.15) is 0 Å². The van der Waals surface area contributed by atoms with Gasteiger partial charge in [-0.25, -0.2) is 14.4 Å². The van der Waals surface area contributed by atoms with Gasteiger partial charge >= 0.3 is 6.18 Å². The molecule has 0 aromatic carbocycles. The molecule has 3 rings (SSSR count). The van der Waals surface area contributed by atoms with Crippen LogP contribution in [-0.4, -0.2) is 25.9 Å². The second kappa shape index (κ2) is 5.65. The molecule has 0 aliphatic heterocycles. The van der Waals surface area contributed by atoms with E-state index in [4.69, 9.17) is 11.6 Å². The molecule has 0 radical (unpaired) electrons. The number of rotatable bonds is 3. The number of fused-ring (bicyclic) bond motifs is 1. The number of hydrogen-bond donors (Lipinski definition) is 1. The second-order valence-electron chi connectivity index (χ2n) is 4.63. The molecule has 0 aliphatic rings. The Morgan fingerprint density at radius 1 is 1.17 bits per heavy atom. The summed E-state index contributed by atoms with van der Waals surface area (Å²) in [6, 6.07) is 3.80. The number of pyridine rings is 2. The summed E-state index contributed by atoms with van der Waals surface area (Å²) in [5.74, 6) is -0.177. The first kappa shape index (κ1) is 15.5. The zero-order chi connectivity index (χ0) is 16.6. The minimum absolute atomic E-state index is 0.0484. The van der Waals surface area contributed by atoms with E-state index in [1.807, 2.05) is 0 Å². The summed E-state index contributed by atoms with van der Waals surface area (Å²) in [6.45, 7) is -1.28. The van der Waals surface area contributed by atoms with E-state index >= 15 is 0 Å². The van der Waals surface area contributed by atoms with Crippen molar-refractivity contribution in [2.45, 2.75) is 12.7 Å². The van der Waals surface area contributed by atoms with Crippen LogP contribution in [0.5, 0.6) is 0 Å². The summed E-state index contributed by atoms with van der Waals surface area (Å²) >= 11 is 5.74. The van der Waals surface area contributed by atoms with Gasteiger partial charge in [0.15, 0.2) is 5.82 Å². The monoisotopic (exact) mass is 345 g/mol. The molecule has 10 heteroatoms. The van der Waals surface area contributed by atoms with Gasteiger partial charge in [0.2, 0.25) is 0 Å². The van der Waals surface area contributed by atoms with E-state index in [1.165, 1.54) is 24.4 Å². The predicted octanol–water partition coefficient (Wildman–Crippen LogP) is 3.92. The average molecular weight is 346 g/mol. The molecule has 3 heterocycles. The van der Waals surface area contributed by atoms with Crippen LogP contribution in [0, 0.1) is 5.82 Å². The van der Waals surface area contributed by atoms with Gasteiger partial charge in [-0.1, -0.05) is 11.6 Å². The molecule has 1 N–H and O–H groups in total. The molecule has 23 heavy (non-hydrogen) atoms. The molecule has 0 aliphatic carbocycles. The number of anilines is 2. The number of alkyl halides is 3. The fourth-order valence-electron chi connectivity index (χ4n) is 2.00. The van der Waals surface area contributed by atoms with Crippen LogP contribution in [0.15, 0.2) is 30.6 Å². The van der Waals surface area contributed by atoms with E-state index in [9.17, 15) is 17.6 Å². The number of hydrogen-bond acceptors (Lipinski definition) is 4. The van der Waals surface area contributed by atoms with Gasteiger partial charge in [-0.2, -0.15) is 18.3 Å². The molecule has 3 aromatic heterocycles. The van der Waals surface area contributed by atoms with E-state index in [2.05, 4.69) is 20.4 Å². The van der Waals surface area contributed by atoms with Crippen molar-refractivity contribution < 1.29 is 17.6 Å². The highest BCUT2D eigenvalue weighted by Gasteiger charge is 2.30. The molecule has 0 spiro atoms. The smallest absolute Gasteiger partial charge is 0.323 e. The summed E-state index contributed by atoms with van der Waals surface area (Å²) in [7, 11) is 0. The minimum Gasteiger partial charge on any atom is -0.323 e. The SMILES string of the molecule is Fc1ccc(Nc2nn(CC(F)(F)F)c3cc(Cl)ncc23)nc1. The maximum absolute atomic E-state index is 12.9. The summed E-state index contributed by atoms with van der Waals surface area (Å²) in [5.41, 5.74) is 0.173. The molecule has 0 unspecified atom stereocenters. The third kappa shape index (κ3) is 3.50. The van der Waals surface area contributed by atoms with Gasteiger partial charge in [0, 0.05) is 12.3 Å². The zero-order valence-electron chi connectivity index (χ0n) is 11.3. The molecular weight excluding hydrogens is 338 g/mol. The van der Waals surface area contributed by atoms with E-state index in [-0.39, 0.29) is 22.3 Å². The summed E-state index contributed by atoms with van der Waals surface area (Å²) in [4.78, 5) is 7.62. The van der Waals surface area contributed by atoms with E-state index < -0.39 is 18.5 Å². The van der Waals surface area contributed by atoms with Crippen LogP contribution in [-0.2, 0) is 6.54 Å². The molecule has 0 saturated heterocycles. The maximum atomic E-state index is 12.9. The summed E-state index contributed by atoms with van der Waals surface area (Å²) < 4.78 is 51.6. The lowest BCUT2D eigenvalue weighted by Gasteiger charge is -2.07. The van der Waals surface area contributed by atoms with Crippen molar-refractivity contribution in [1.82, 2.24) is 19.7 Å². The fraction of sp³-hybridized carbons (Fsp3) is 0.154. The molecule has 0 bridgehead atoms. The van der Waals surface area contributed by atoms with Crippen molar-refractivity contribution in [3.05, 3.63) is 41.6 Å². The lowest BCUT2D eigenvalue weighted by atomic mass is 10.3.